The van der Waals surface area contributed by atoms with Gasteiger partial charge in [0.2, 0.25) is 0 Å². The molecule has 4 rings (SSSR count). The van der Waals surface area contributed by atoms with Crippen LogP contribution < -0.4 is 5.32 Å². The molecule has 0 bridgehead atoms. The van der Waals surface area contributed by atoms with Crippen LogP contribution in [0.4, 0.5) is 0 Å². The minimum atomic E-state index is 0.548. The zero-order chi connectivity index (χ0) is 14.2. The van der Waals surface area contributed by atoms with Gasteiger partial charge in [-0.15, -0.1) is 11.3 Å². The molecule has 1 unspecified atom stereocenters. The second-order valence-electron chi connectivity index (χ2n) is 5.76. The molecule has 2 heteroatoms. The number of thiophene rings is 1. The molecule has 1 aliphatic rings. The van der Waals surface area contributed by atoms with Gasteiger partial charge in [-0.25, -0.2) is 0 Å². The van der Waals surface area contributed by atoms with E-state index in [1.54, 1.807) is 10.4 Å². The first-order chi connectivity index (χ1) is 10.4. The van der Waals surface area contributed by atoms with Gasteiger partial charge < -0.3 is 5.32 Å². The van der Waals surface area contributed by atoms with Crippen LogP contribution in [0.2, 0.25) is 0 Å². The molecule has 1 aromatic heterocycles. The third-order valence-electron chi connectivity index (χ3n) is 4.51. The molecule has 0 fully saturated rings. The fraction of sp³-hybridized carbons (Fsp3) is 0.263. The number of nitrogens with one attached hydrogen (secondary N) is 1. The summed E-state index contributed by atoms with van der Waals surface area (Å²) in [6.07, 6.45) is 3.79. The molecule has 1 atom stereocenters. The van der Waals surface area contributed by atoms with E-state index in [1.165, 1.54) is 40.5 Å². The van der Waals surface area contributed by atoms with Crippen LogP contribution in [-0.2, 0) is 6.42 Å². The first kappa shape index (κ1) is 13.1. The summed E-state index contributed by atoms with van der Waals surface area (Å²) in [6.45, 7) is 0. The van der Waals surface area contributed by atoms with Crippen LogP contribution in [-0.4, -0.2) is 7.05 Å². The standard InChI is InChI=1S/C19H19NS/c1-20-17-9-5-8-15-16-12-14(13-6-3-2-4-7-13)10-11-18(16)21-19(15)17/h2-4,6-7,10-12,17,20H,5,8-9H2,1H3. The zero-order valence-electron chi connectivity index (χ0n) is 12.2. The Morgan fingerprint density at radius 1 is 1.05 bits per heavy atom. The van der Waals surface area contributed by atoms with E-state index in [2.05, 4.69) is 60.9 Å². The molecule has 0 radical (unpaired) electrons. The molecule has 0 amide bonds. The van der Waals surface area contributed by atoms with Crippen molar-refractivity contribution in [3.8, 4) is 11.1 Å². The third-order valence-corrected chi connectivity index (χ3v) is 5.84. The van der Waals surface area contributed by atoms with Crippen molar-refractivity contribution in [2.24, 2.45) is 0 Å². The topological polar surface area (TPSA) is 12.0 Å². The molecule has 2 aromatic carbocycles. The number of aryl methyl sites for hydroxylation is 1. The highest BCUT2D eigenvalue weighted by molar-refractivity contribution is 7.19. The molecule has 1 nitrogen and oxygen atoms in total. The summed E-state index contributed by atoms with van der Waals surface area (Å²) in [4.78, 5) is 1.56. The molecule has 106 valence electrons. The van der Waals surface area contributed by atoms with Crippen molar-refractivity contribution in [1.82, 2.24) is 5.32 Å². The molecule has 0 saturated carbocycles. The number of benzene rings is 2. The molecule has 0 saturated heterocycles. The summed E-state index contributed by atoms with van der Waals surface area (Å²) >= 11 is 1.97. The molecule has 3 aromatic rings. The lowest BCUT2D eigenvalue weighted by atomic mass is 9.91. The third kappa shape index (κ3) is 2.19. The van der Waals surface area contributed by atoms with E-state index in [0.29, 0.717) is 6.04 Å². The average molecular weight is 293 g/mol. The van der Waals surface area contributed by atoms with E-state index in [4.69, 9.17) is 0 Å². The Morgan fingerprint density at radius 3 is 2.71 bits per heavy atom. The second kappa shape index (κ2) is 5.28. The van der Waals surface area contributed by atoms with Gasteiger partial charge in [0, 0.05) is 15.6 Å². The van der Waals surface area contributed by atoms with Gasteiger partial charge in [0.05, 0.1) is 0 Å². The summed E-state index contributed by atoms with van der Waals surface area (Å²) in [6, 6.07) is 18.2. The molecule has 0 aliphatic heterocycles. The molecular formula is C19H19NS. The minimum Gasteiger partial charge on any atom is -0.312 e. The van der Waals surface area contributed by atoms with Gasteiger partial charge in [-0.05, 0) is 60.5 Å². The van der Waals surface area contributed by atoms with Crippen molar-refractivity contribution < 1.29 is 0 Å². The maximum absolute atomic E-state index is 3.48. The quantitative estimate of drug-likeness (QED) is 0.687. The summed E-state index contributed by atoms with van der Waals surface area (Å²) in [7, 11) is 2.08. The fourth-order valence-corrected chi connectivity index (χ4v) is 4.78. The fourth-order valence-electron chi connectivity index (χ4n) is 3.41. The molecule has 1 heterocycles. The van der Waals surface area contributed by atoms with Crippen molar-refractivity contribution >= 4 is 21.4 Å². The largest absolute Gasteiger partial charge is 0.312 e. The number of rotatable bonds is 2. The predicted molar refractivity (Wildman–Crippen MR) is 92.0 cm³/mol. The van der Waals surface area contributed by atoms with Gasteiger partial charge in [0.25, 0.3) is 0 Å². The van der Waals surface area contributed by atoms with Crippen molar-refractivity contribution in [2.45, 2.75) is 25.3 Å². The molecular weight excluding hydrogens is 274 g/mol. The van der Waals surface area contributed by atoms with Gasteiger partial charge in [-0.3, -0.25) is 0 Å². The van der Waals surface area contributed by atoms with Crippen molar-refractivity contribution in [3.63, 3.8) is 0 Å². The highest BCUT2D eigenvalue weighted by Crippen LogP contribution is 2.42. The van der Waals surface area contributed by atoms with Crippen molar-refractivity contribution in [1.29, 1.82) is 0 Å². The van der Waals surface area contributed by atoms with Gasteiger partial charge in [0.15, 0.2) is 0 Å². The Bertz CT molecular complexity index is 773. The summed E-state index contributed by atoms with van der Waals surface area (Å²) < 4.78 is 1.43. The second-order valence-corrected chi connectivity index (χ2v) is 6.84. The molecule has 21 heavy (non-hydrogen) atoms. The average Bonchev–Trinajstić information content (AvgIpc) is 2.93. The number of fused-ring (bicyclic) bond motifs is 3. The summed E-state index contributed by atoms with van der Waals surface area (Å²) in [5, 5.41) is 4.95. The Balaban J connectivity index is 1.88. The zero-order valence-corrected chi connectivity index (χ0v) is 13.0. The Labute approximate surface area is 129 Å². The maximum Gasteiger partial charge on any atom is 0.0415 e. The minimum absolute atomic E-state index is 0.548. The molecule has 0 spiro atoms. The number of hydrogen-bond acceptors (Lipinski definition) is 2. The normalized spacial score (nSPS) is 17.9. The smallest absolute Gasteiger partial charge is 0.0415 e. The van der Waals surface area contributed by atoms with Crippen LogP contribution in [0.15, 0.2) is 48.5 Å². The first-order valence-electron chi connectivity index (χ1n) is 7.65. The first-order valence-corrected chi connectivity index (χ1v) is 8.46. The van der Waals surface area contributed by atoms with Crippen LogP contribution in [0.5, 0.6) is 0 Å². The Kier molecular flexibility index (Phi) is 3.28. The lowest BCUT2D eigenvalue weighted by molar-refractivity contribution is 0.507. The van der Waals surface area contributed by atoms with Gasteiger partial charge in [0.1, 0.15) is 0 Å². The predicted octanol–water partition coefficient (Wildman–Crippen LogP) is 5.17. The van der Waals surface area contributed by atoms with Gasteiger partial charge in [-0.1, -0.05) is 36.4 Å². The highest BCUT2D eigenvalue weighted by atomic mass is 32.1. The maximum atomic E-state index is 3.48. The molecule has 1 N–H and O–H groups in total. The number of hydrogen-bond donors (Lipinski definition) is 1. The van der Waals surface area contributed by atoms with Crippen molar-refractivity contribution in [2.75, 3.05) is 7.05 Å². The van der Waals surface area contributed by atoms with Gasteiger partial charge >= 0.3 is 0 Å². The van der Waals surface area contributed by atoms with Crippen LogP contribution in [0.1, 0.15) is 29.3 Å². The van der Waals surface area contributed by atoms with E-state index in [9.17, 15) is 0 Å². The van der Waals surface area contributed by atoms with Crippen LogP contribution in [0, 0.1) is 0 Å². The van der Waals surface area contributed by atoms with Crippen LogP contribution >= 0.6 is 11.3 Å². The lowest BCUT2D eigenvalue weighted by Crippen LogP contribution is -2.19. The SMILES string of the molecule is CNC1CCCc2c1sc1ccc(-c3ccccc3)cc21. The van der Waals surface area contributed by atoms with E-state index in [0.717, 1.165) is 0 Å². The van der Waals surface area contributed by atoms with E-state index < -0.39 is 0 Å². The van der Waals surface area contributed by atoms with E-state index in [-0.39, 0.29) is 0 Å². The Morgan fingerprint density at radius 2 is 1.90 bits per heavy atom. The van der Waals surface area contributed by atoms with Crippen molar-refractivity contribution in [3.05, 3.63) is 59.0 Å². The van der Waals surface area contributed by atoms with E-state index >= 15 is 0 Å². The Hall–Kier alpha value is -1.64. The van der Waals surface area contributed by atoms with Crippen LogP contribution in [0.25, 0.3) is 21.2 Å². The monoisotopic (exact) mass is 293 g/mol. The summed E-state index contributed by atoms with van der Waals surface area (Å²) in [5.74, 6) is 0. The van der Waals surface area contributed by atoms with E-state index in [1.807, 2.05) is 11.3 Å². The van der Waals surface area contributed by atoms with Gasteiger partial charge in [-0.2, -0.15) is 0 Å². The van der Waals surface area contributed by atoms with Crippen LogP contribution in [0.3, 0.4) is 0 Å². The molecule has 1 aliphatic carbocycles. The highest BCUT2D eigenvalue weighted by Gasteiger charge is 2.23. The summed E-state index contributed by atoms with van der Waals surface area (Å²) in [5.41, 5.74) is 4.22. The lowest BCUT2D eigenvalue weighted by Gasteiger charge is -2.21.